The summed E-state index contributed by atoms with van der Waals surface area (Å²) in [6.45, 7) is 6.20. The van der Waals surface area contributed by atoms with Crippen LogP contribution in [0.15, 0.2) is 87.9 Å². The molecule has 2 heterocycles. The Bertz CT molecular complexity index is 2010. The van der Waals surface area contributed by atoms with Gasteiger partial charge in [-0.25, -0.2) is 19.2 Å². The third-order valence-corrected chi connectivity index (χ3v) is 8.46. The van der Waals surface area contributed by atoms with E-state index in [1.807, 2.05) is 60.7 Å². The van der Waals surface area contributed by atoms with E-state index >= 15 is 0 Å². The van der Waals surface area contributed by atoms with Crippen molar-refractivity contribution in [2.75, 3.05) is 0 Å². The minimum atomic E-state index is -0.960. The Morgan fingerprint density at radius 3 is 1.42 bits per heavy atom. The number of benzene rings is 2. The minimum absolute atomic E-state index is 0.0369. The van der Waals surface area contributed by atoms with Crippen LogP contribution in [0.2, 0.25) is 0 Å². The lowest BCUT2D eigenvalue weighted by Gasteiger charge is -2.09. The van der Waals surface area contributed by atoms with Crippen LogP contribution in [-0.4, -0.2) is 44.7 Å². The number of ether oxygens (including phenoxy) is 4. The van der Waals surface area contributed by atoms with Gasteiger partial charge in [-0.2, -0.15) is 12.6 Å². The van der Waals surface area contributed by atoms with Crippen LogP contribution in [0.3, 0.4) is 0 Å². The molecule has 0 aliphatic rings. The van der Waals surface area contributed by atoms with Crippen molar-refractivity contribution in [3.05, 3.63) is 116 Å². The first-order valence-electron chi connectivity index (χ1n) is 17.0. The third kappa shape index (κ3) is 20.4. The summed E-state index contributed by atoms with van der Waals surface area (Å²) in [7, 11) is 0. The molecule has 57 heavy (non-hydrogen) atoms. The summed E-state index contributed by atoms with van der Waals surface area (Å²) in [5, 5.41) is -1.71. The number of carbonyl (C=O) groups is 6. The molecule has 308 valence electrons. The number of halogens is 1. The molecule has 4 aromatic rings. The number of Topliss-reactive ketones (excluding diaryl/α,β-unsaturated/α-hetero) is 2. The fourth-order valence-electron chi connectivity index (χ4n) is 3.99. The highest BCUT2D eigenvalue weighted by Gasteiger charge is 2.21. The molecule has 0 N–H and O–H groups in total. The van der Waals surface area contributed by atoms with E-state index in [0.29, 0.717) is 11.8 Å². The predicted octanol–water partition coefficient (Wildman–Crippen LogP) is 7.21. The summed E-state index contributed by atoms with van der Waals surface area (Å²) in [6, 6.07) is 18.6. The monoisotopic (exact) mass is 852 g/mol. The van der Waals surface area contributed by atoms with Gasteiger partial charge in [-0.1, -0.05) is 60.7 Å². The highest BCUT2D eigenvalue weighted by Crippen LogP contribution is 2.19. The second-order valence-corrected chi connectivity index (χ2v) is 14.0. The van der Waals surface area contributed by atoms with Gasteiger partial charge in [-0.05, 0) is 50.6 Å². The topological polar surface area (TPSA) is 226 Å². The van der Waals surface area contributed by atoms with E-state index in [1.54, 1.807) is 13.8 Å². The number of carbonyl (C=O) groups excluding carboxylic acids is 6. The minimum Gasteiger partial charge on any atom is -0.461 e. The lowest BCUT2D eigenvalue weighted by molar-refractivity contribution is -0.146. The number of thiol groups is 1. The molecule has 0 aliphatic heterocycles. The SMILES string of the molecule is CC(S)C(=O)CCC(=O)OCc1ccccc1.Cc1oc(=O)oc1COC(=O)Cl.Cc1oc(=O)oc1COC(=O)SC(C)C(=O)CCC(=O)OCc1ccccc1. The number of rotatable bonds is 17. The van der Waals surface area contributed by atoms with Gasteiger partial charge in [0.1, 0.15) is 24.8 Å². The van der Waals surface area contributed by atoms with Crippen LogP contribution < -0.4 is 11.6 Å². The molecular weight excluding hydrogens is 812 g/mol. The summed E-state index contributed by atoms with van der Waals surface area (Å²) < 4.78 is 37.8. The van der Waals surface area contributed by atoms with Crippen LogP contribution in [0, 0.1) is 13.8 Å². The summed E-state index contributed by atoms with van der Waals surface area (Å²) in [5.74, 6) is -2.08. The molecule has 0 saturated carbocycles. The Kier molecular flexibility index (Phi) is 21.6. The van der Waals surface area contributed by atoms with Crippen molar-refractivity contribution in [3.8, 4) is 0 Å². The number of aryl methyl sites for hydroxylation is 2. The lowest BCUT2D eigenvalue weighted by Crippen LogP contribution is -2.18. The number of hydrogen-bond donors (Lipinski definition) is 1. The van der Waals surface area contributed by atoms with Crippen molar-refractivity contribution in [2.24, 2.45) is 0 Å². The van der Waals surface area contributed by atoms with E-state index in [-0.39, 0.29) is 97.9 Å². The van der Waals surface area contributed by atoms with Crippen molar-refractivity contribution in [1.29, 1.82) is 0 Å². The highest BCUT2D eigenvalue weighted by molar-refractivity contribution is 8.14. The zero-order valence-corrected chi connectivity index (χ0v) is 33.8. The van der Waals surface area contributed by atoms with Gasteiger partial charge in [0.2, 0.25) is 0 Å². The molecule has 2 atom stereocenters. The fourth-order valence-corrected chi connectivity index (χ4v) is 4.84. The number of thioether (sulfide) groups is 1. The van der Waals surface area contributed by atoms with E-state index in [0.717, 1.165) is 11.1 Å². The quantitative estimate of drug-likeness (QED) is 0.0479. The summed E-state index contributed by atoms with van der Waals surface area (Å²) in [6.07, 6.45) is 0.213. The van der Waals surface area contributed by atoms with E-state index in [9.17, 15) is 38.4 Å². The van der Waals surface area contributed by atoms with Gasteiger partial charge in [-0.15, -0.1) is 0 Å². The van der Waals surface area contributed by atoms with Crippen molar-refractivity contribution in [2.45, 2.75) is 90.3 Å². The standard InChI is InChI=1S/C19H20O8S.C13H16O3S.C6H5ClO5/c1-12-16(27-18(22)26-12)11-25-19(23)28-13(2)15(20)8-9-17(21)24-10-14-6-4-3-5-7-14;1-10(17)12(14)7-8-13(15)16-9-11-5-3-2-4-6-11;1-3-4(2-10-5(7)8)12-6(9)11-3/h3-7,13H,8-11H2,1-2H3;2-6,10,17H,7-9H2,1H3;2H2,1H3. The van der Waals surface area contributed by atoms with Crippen LogP contribution in [0.1, 0.15) is 73.7 Å². The second kappa shape index (κ2) is 25.8. The predicted molar refractivity (Wildman–Crippen MR) is 207 cm³/mol. The Morgan fingerprint density at radius 1 is 0.614 bits per heavy atom. The summed E-state index contributed by atoms with van der Waals surface area (Å²) in [4.78, 5) is 89.7. The molecule has 0 fully saturated rings. The van der Waals surface area contributed by atoms with Crippen LogP contribution in [0.25, 0.3) is 0 Å². The Balaban J connectivity index is 0.000000327. The molecule has 2 aromatic carbocycles. The zero-order valence-electron chi connectivity index (χ0n) is 31.4. The maximum atomic E-state index is 12.1. The Morgan fingerprint density at radius 2 is 1.04 bits per heavy atom. The first-order chi connectivity index (χ1) is 27.0. The first kappa shape index (κ1) is 47.8. The van der Waals surface area contributed by atoms with Crippen molar-refractivity contribution in [1.82, 2.24) is 0 Å². The normalized spacial score (nSPS) is 11.3. The lowest BCUT2D eigenvalue weighted by atomic mass is 10.2. The number of esters is 2. The van der Waals surface area contributed by atoms with Crippen LogP contribution in [0.4, 0.5) is 9.59 Å². The van der Waals surface area contributed by atoms with Gasteiger partial charge < -0.3 is 36.6 Å². The smallest absolute Gasteiger partial charge is 0.461 e. The van der Waals surface area contributed by atoms with E-state index in [4.69, 9.17) is 30.2 Å². The number of hydrogen-bond acceptors (Lipinski definition) is 18. The molecule has 2 unspecified atom stereocenters. The number of ketones is 2. The zero-order chi connectivity index (χ0) is 42.3. The average Bonchev–Trinajstić information content (AvgIpc) is 3.69. The van der Waals surface area contributed by atoms with Gasteiger partial charge in [0.05, 0.1) is 23.3 Å². The third-order valence-electron chi connectivity index (χ3n) is 7.14. The molecular formula is C38H41ClO16S2. The molecule has 0 radical (unpaired) electrons. The maximum Gasteiger partial charge on any atom is 0.519 e. The molecule has 4 rings (SSSR count). The van der Waals surface area contributed by atoms with E-state index in [1.165, 1.54) is 13.8 Å². The fraction of sp³-hybridized carbons (Fsp3) is 0.368. The van der Waals surface area contributed by atoms with Crippen LogP contribution in [-0.2, 0) is 64.6 Å². The van der Waals surface area contributed by atoms with Crippen molar-refractivity contribution < 1.29 is 65.4 Å². The maximum absolute atomic E-state index is 12.1. The average molecular weight is 853 g/mol. The van der Waals surface area contributed by atoms with Gasteiger partial charge in [0.25, 0.3) is 0 Å². The molecule has 16 nitrogen and oxygen atoms in total. The highest BCUT2D eigenvalue weighted by atomic mass is 35.5. The molecule has 0 aliphatic carbocycles. The first-order valence-corrected chi connectivity index (χ1v) is 18.8. The van der Waals surface area contributed by atoms with Gasteiger partial charge in [-0.3, -0.25) is 19.2 Å². The molecule has 0 bridgehead atoms. The molecule has 0 saturated heterocycles. The Hall–Kier alpha value is -5.33. The molecule has 0 spiro atoms. The summed E-state index contributed by atoms with van der Waals surface area (Å²) in [5.41, 5.74) is 0.838. The van der Waals surface area contributed by atoms with Gasteiger partial charge in [0.15, 0.2) is 36.3 Å². The van der Waals surface area contributed by atoms with Crippen LogP contribution in [0.5, 0.6) is 0 Å². The van der Waals surface area contributed by atoms with E-state index in [2.05, 4.69) is 30.6 Å². The second-order valence-electron chi connectivity index (χ2n) is 11.6. The Labute approximate surface area is 340 Å². The molecule has 19 heteroatoms. The molecule has 2 aromatic heterocycles. The largest absolute Gasteiger partial charge is 0.519 e. The van der Waals surface area contributed by atoms with Crippen LogP contribution >= 0.6 is 36.0 Å². The van der Waals surface area contributed by atoms with Crippen molar-refractivity contribution >= 4 is 70.2 Å². The summed E-state index contributed by atoms with van der Waals surface area (Å²) >= 11 is 9.57. The van der Waals surface area contributed by atoms with Gasteiger partial charge >= 0.3 is 34.3 Å². The van der Waals surface area contributed by atoms with Gasteiger partial charge in [0, 0.05) is 24.4 Å². The van der Waals surface area contributed by atoms with Crippen molar-refractivity contribution in [3.63, 3.8) is 0 Å². The molecule has 0 amide bonds. The van der Waals surface area contributed by atoms with E-state index < -0.39 is 33.6 Å².